The molecule has 8 nitrogen and oxygen atoms in total. The molecular weight excluding hydrogens is 400 g/mol. The molecule has 0 bridgehead atoms. The average Bonchev–Trinajstić information content (AvgIpc) is 2.73. The van der Waals surface area contributed by atoms with Crippen LogP contribution in [0.25, 0.3) is 10.8 Å². The van der Waals surface area contributed by atoms with Gasteiger partial charge in [0.1, 0.15) is 23.3 Å². The van der Waals surface area contributed by atoms with E-state index in [4.69, 9.17) is 14.2 Å². The maximum Gasteiger partial charge on any atom is 0.331 e. The third-order valence-electron chi connectivity index (χ3n) is 4.60. The number of benzene rings is 2. The van der Waals surface area contributed by atoms with Gasteiger partial charge in [0.15, 0.2) is 0 Å². The predicted molar refractivity (Wildman–Crippen MR) is 120 cm³/mol. The van der Waals surface area contributed by atoms with Crippen LogP contribution in [0.1, 0.15) is 45.8 Å². The number of hydrogen-bond donors (Lipinski definition) is 2. The van der Waals surface area contributed by atoms with Crippen molar-refractivity contribution in [2.75, 3.05) is 19.7 Å². The number of carbonyl (C=O) groups excluding carboxylic acids is 1. The molecule has 0 aliphatic rings. The smallest absolute Gasteiger partial charge is 0.331 e. The van der Waals surface area contributed by atoms with Gasteiger partial charge in [-0.3, -0.25) is 10.7 Å². The molecule has 2 aromatic carbocycles. The Labute approximate surface area is 181 Å². The summed E-state index contributed by atoms with van der Waals surface area (Å²) in [5, 5.41) is 13.4. The first kappa shape index (κ1) is 23.9. The molecule has 0 aliphatic carbocycles. The molecule has 166 valence electrons. The van der Waals surface area contributed by atoms with Crippen molar-refractivity contribution in [1.82, 2.24) is 0 Å². The van der Waals surface area contributed by atoms with Gasteiger partial charge in [-0.1, -0.05) is 17.2 Å². The number of anilines is 1. The molecule has 0 radical (unpaired) electrons. The number of fused-ring (bicyclic) bond motifs is 1. The van der Waals surface area contributed by atoms with Crippen LogP contribution in [0.15, 0.2) is 46.7 Å². The standard InChI is InChI=1S/C23H28N2O6/c1-13(2)7-10-18(31-20(26)11-14(3)4)15-12-19(29-5)21-16(24-27)8-9-17(25-28)22(21)23(15)30-6/h7-9,11-12,18,24,27H,10H2,1-6H3/t18-/m1/s1. The fourth-order valence-corrected chi connectivity index (χ4v) is 3.28. The highest BCUT2D eigenvalue weighted by molar-refractivity contribution is 6.08. The van der Waals surface area contributed by atoms with E-state index in [-0.39, 0.29) is 5.69 Å². The second-order valence-corrected chi connectivity index (χ2v) is 7.45. The minimum atomic E-state index is -0.712. The highest BCUT2D eigenvalue weighted by Gasteiger charge is 2.26. The number of rotatable bonds is 9. The Morgan fingerprint density at radius 1 is 1.13 bits per heavy atom. The highest BCUT2D eigenvalue weighted by Crippen LogP contribution is 2.48. The molecule has 0 saturated heterocycles. The monoisotopic (exact) mass is 428 g/mol. The molecule has 31 heavy (non-hydrogen) atoms. The summed E-state index contributed by atoms with van der Waals surface area (Å²) in [6, 6.07) is 4.64. The molecule has 0 fully saturated rings. The summed E-state index contributed by atoms with van der Waals surface area (Å²) < 4.78 is 16.9. The zero-order valence-corrected chi connectivity index (χ0v) is 18.6. The Morgan fingerprint density at radius 3 is 2.35 bits per heavy atom. The molecule has 8 heteroatoms. The van der Waals surface area contributed by atoms with Crippen LogP contribution in [0.3, 0.4) is 0 Å². The van der Waals surface area contributed by atoms with Crippen molar-refractivity contribution in [3.05, 3.63) is 52.0 Å². The van der Waals surface area contributed by atoms with E-state index in [0.717, 1.165) is 11.1 Å². The first-order valence-corrected chi connectivity index (χ1v) is 9.71. The lowest BCUT2D eigenvalue weighted by Gasteiger charge is -2.23. The lowest BCUT2D eigenvalue weighted by Crippen LogP contribution is -2.11. The Hall–Kier alpha value is -3.39. The topological polar surface area (TPSA) is 106 Å². The summed E-state index contributed by atoms with van der Waals surface area (Å²) in [5.74, 6) is 0.167. The lowest BCUT2D eigenvalue weighted by molar-refractivity contribution is -0.143. The number of nitroso groups, excluding NO2 is 1. The molecule has 2 N–H and O–H groups in total. The summed E-state index contributed by atoms with van der Waals surface area (Å²) >= 11 is 0. The molecule has 0 saturated carbocycles. The fourth-order valence-electron chi connectivity index (χ4n) is 3.28. The SMILES string of the molecule is COc1cc([C@@H](CC=C(C)C)OC(=O)C=C(C)C)c(OC)c2c(N=O)ccc(NO)c12. The van der Waals surface area contributed by atoms with E-state index in [1.165, 1.54) is 32.4 Å². The van der Waals surface area contributed by atoms with E-state index in [2.05, 4.69) is 10.7 Å². The summed E-state index contributed by atoms with van der Waals surface area (Å²) in [7, 11) is 2.92. The molecule has 2 rings (SSSR count). The Kier molecular flexibility index (Phi) is 8.15. The van der Waals surface area contributed by atoms with Crippen LogP contribution in [0, 0.1) is 4.91 Å². The summed E-state index contributed by atoms with van der Waals surface area (Å²) in [6.45, 7) is 7.50. The number of nitrogens with one attached hydrogen (secondary N) is 1. The second-order valence-electron chi connectivity index (χ2n) is 7.45. The second kappa shape index (κ2) is 10.6. The summed E-state index contributed by atoms with van der Waals surface area (Å²) in [4.78, 5) is 24.0. The van der Waals surface area contributed by atoms with Crippen molar-refractivity contribution < 1.29 is 24.2 Å². The molecule has 1 atom stereocenters. The van der Waals surface area contributed by atoms with Gasteiger partial charge in [-0.2, -0.15) is 0 Å². The van der Waals surface area contributed by atoms with Gasteiger partial charge in [0.25, 0.3) is 0 Å². The van der Waals surface area contributed by atoms with Crippen molar-refractivity contribution in [2.24, 2.45) is 5.18 Å². The minimum absolute atomic E-state index is 0.0996. The van der Waals surface area contributed by atoms with E-state index >= 15 is 0 Å². The highest BCUT2D eigenvalue weighted by atomic mass is 16.5. The van der Waals surface area contributed by atoms with Crippen molar-refractivity contribution in [1.29, 1.82) is 0 Å². The zero-order chi connectivity index (χ0) is 23.1. The van der Waals surface area contributed by atoms with E-state index in [0.29, 0.717) is 39.9 Å². The van der Waals surface area contributed by atoms with Gasteiger partial charge in [0.05, 0.1) is 30.7 Å². The van der Waals surface area contributed by atoms with E-state index in [9.17, 15) is 14.9 Å². The number of methoxy groups -OCH3 is 2. The normalized spacial score (nSPS) is 11.3. The number of ether oxygens (including phenoxy) is 3. The van der Waals surface area contributed by atoms with Crippen LogP contribution in [0.5, 0.6) is 11.5 Å². The fraction of sp³-hybridized carbons (Fsp3) is 0.348. The predicted octanol–water partition coefficient (Wildman–Crippen LogP) is 5.96. The summed E-state index contributed by atoms with van der Waals surface area (Å²) in [5.41, 5.74) is 4.89. The van der Waals surface area contributed by atoms with E-state index in [1.807, 2.05) is 19.9 Å². The van der Waals surface area contributed by atoms with Gasteiger partial charge in [-0.15, -0.1) is 4.91 Å². The molecule has 0 aliphatic heterocycles. The van der Waals surface area contributed by atoms with Crippen molar-refractivity contribution >= 4 is 28.1 Å². The summed E-state index contributed by atoms with van der Waals surface area (Å²) in [6.07, 6.45) is 3.03. The van der Waals surface area contributed by atoms with Crippen LogP contribution in [-0.2, 0) is 9.53 Å². The molecular formula is C23H28N2O6. The number of allylic oxidation sites excluding steroid dienone is 2. The van der Waals surface area contributed by atoms with Crippen molar-refractivity contribution in [3.8, 4) is 11.5 Å². The van der Waals surface area contributed by atoms with Gasteiger partial charge in [0.2, 0.25) is 0 Å². The number of nitrogens with zero attached hydrogens (tertiary/aromatic N) is 1. The van der Waals surface area contributed by atoms with Crippen LogP contribution in [0.2, 0.25) is 0 Å². The number of esters is 1. The van der Waals surface area contributed by atoms with Crippen molar-refractivity contribution in [2.45, 2.75) is 40.2 Å². The van der Waals surface area contributed by atoms with Crippen LogP contribution >= 0.6 is 0 Å². The Balaban J connectivity index is 2.85. The van der Waals surface area contributed by atoms with Crippen LogP contribution < -0.4 is 15.0 Å². The maximum atomic E-state index is 12.4. The molecule has 0 heterocycles. The molecule has 0 aromatic heterocycles. The van der Waals surface area contributed by atoms with E-state index < -0.39 is 12.1 Å². The molecule has 0 unspecified atom stereocenters. The van der Waals surface area contributed by atoms with E-state index in [1.54, 1.807) is 19.9 Å². The molecule has 0 spiro atoms. The quantitative estimate of drug-likeness (QED) is 0.167. The Bertz CT molecular complexity index is 1030. The first-order chi connectivity index (χ1) is 14.8. The molecule has 2 aromatic rings. The third kappa shape index (κ3) is 5.40. The van der Waals surface area contributed by atoms with Crippen LogP contribution in [0.4, 0.5) is 11.4 Å². The first-order valence-electron chi connectivity index (χ1n) is 9.71. The van der Waals surface area contributed by atoms with Crippen molar-refractivity contribution in [3.63, 3.8) is 0 Å². The maximum absolute atomic E-state index is 12.4. The largest absolute Gasteiger partial charge is 0.496 e. The third-order valence-corrected chi connectivity index (χ3v) is 4.60. The minimum Gasteiger partial charge on any atom is -0.496 e. The number of carbonyl (C=O) groups is 1. The zero-order valence-electron chi connectivity index (χ0n) is 18.6. The Morgan fingerprint density at radius 2 is 1.84 bits per heavy atom. The van der Waals surface area contributed by atoms with Gasteiger partial charge in [-0.25, -0.2) is 4.79 Å². The van der Waals surface area contributed by atoms with Crippen LogP contribution in [-0.4, -0.2) is 25.4 Å². The average molecular weight is 428 g/mol. The van der Waals surface area contributed by atoms with Gasteiger partial charge < -0.3 is 14.2 Å². The number of hydrogen-bond acceptors (Lipinski definition) is 8. The van der Waals surface area contributed by atoms with Gasteiger partial charge >= 0.3 is 5.97 Å². The lowest BCUT2D eigenvalue weighted by atomic mass is 9.96. The van der Waals surface area contributed by atoms with Gasteiger partial charge in [-0.05, 0) is 51.1 Å². The molecule has 0 amide bonds. The van der Waals surface area contributed by atoms with Gasteiger partial charge in [0, 0.05) is 18.1 Å².